The van der Waals surface area contributed by atoms with Gasteiger partial charge in [0, 0.05) is 15.9 Å². The third-order valence-electron chi connectivity index (χ3n) is 4.77. The van der Waals surface area contributed by atoms with Crippen LogP contribution in [0.1, 0.15) is 28.7 Å². The zero-order chi connectivity index (χ0) is 21.5. The van der Waals surface area contributed by atoms with E-state index in [0.29, 0.717) is 18.1 Å². The Balaban J connectivity index is 1.77. The molecule has 0 amide bonds. The normalized spacial score (nSPS) is 11.4. The summed E-state index contributed by atoms with van der Waals surface area (Å²) in [6.07, 6.45) is 2.70. The van der Waals surface area contributed by atoms with E-state index in [-0.39, 0.29) is 6.42 Å². The molecule has 0 aliphatic carbocycles. The zero-order valence-electron chi connectivity index (χ0n) is 16.6. The molecule has 0 aliphatic rings. The highest BCUT2D eigenvalue weighted by atomic mass is 79.9. The van der Waals surface area contributed by atoms with Gasteiger partial charge in [0.25, 0.3) is 0 Å². The van der Waals surface area contributed by atoms with Gasteiger partial charge < -0.3 is 9.84 Å². The molecule has 0 saturated heterocycles. The maximum Gasteiger partial charge on any atom is 0.303 e. The van der Waals surface area contributed by atoms with Crippen LogP contribution in [0.3, 0.4) is 0 Å². The number of hydrogen-bond donors (Lipinski definition) is 1. The molecule has 0 aliphatic heterocycles. The molecule has 3 aromatic rings. The van der Waals surface area contributed by atoms with Crippen LogP contribution in [0, 0.1) is 6.92 Å². The lowest BCUT2D eigenvalue weighted by molar-refractivity contribution is -0.136. The molecule has 3 nitrogen and oxygen atoms in total. The van der Waals surface area contributed by atoms with E-state index in [1.807, 2.05) is 61.5 Å². The van der Waals surface area contributed by atoms with Crippen molar-refractivity contribution in [3.05, 3.63) is 105 Å². The molecule has 0 heterocycles. The Bertz CT molecular complexity index is 993. The molecule has 154 valence electrons. The van der Waals surface area contributed by atoms with E-state index in [9.17, 15) is 4.79 Å². The summed E-state index contributed by atoms with van der Waals surface area (Å²) < 4.78 is 6.98. The van der Waals surface area contributed by atoms with Gasteiger partial charge in [0.2, 0.25) is 0 Å². The van der Waals surface area contributed by atoms with Gasteiger partial charge in [-0.15, -0.1) is 0 Å². The van der Waals surface area contributed by atoms with E-state index in [2.05, 4.69) is 34.1 Å². The largest absolute Gasteiger partial charge is 0.490 e. The summed E-state index contributed by atoms with van der Waals surface area (Å²) in [4.78, 5) is 10.8. The number of carboxylic acids is 1. The Hall–Kier alpha value is -2.56. The highest BCUT2D eigenvalue weighted by Crippen LogP contribution is 2.26. The molecule has 3 aromatic carbocycles. The van der Waals surface area contributed by atoms with E-state index < -0.39 is 5.97 Å². The number of carboxylic acid groups (broad SMARTS) is 1. The summed E-state index contributed by atoms with van der Waals surface area (Å²) in [5, 5.41) is 9.56. The molecule has 0 unspecified atom stereocenters. The maximum absolute atomic E-state index is 10.8. The molecule has 0 saturated carbocycles. The number of ether oxygens (including phenoxy) is 1. The van der Waals surface area contributed by atoms with Crippen LogP contribution in [0.4, 0.5) is 0 Å². The molecular formula is C25H22BrClO3. The lowest BCUT2D eigenvalue weighted by Crippen LogP contribution is -2.00. The number of carbonyl (C=O) groups is 1. The van der Waals surface area contributed by atoms with Gasteiger partial charge >= 0.3 is 5.97 Å². The van der Waals surface area contributed by atoms with Crippen molar-refractivity contribution >= 4 is 39.1 Å². The summed E-state index contributed by atoms with van der Waals surface area (Å²) in [5.74, 6) is -0.0309. The van der Waals surface area contributed by atoms with E-state index in [0.717, 1.165) is 38.0 Å². The van der Waals surface area contributed by atoms with Gasteiger partial charge in [-0.1, -0.05) is 57.9 Å². The monoisotopic (exact) mass is 484 g/mol. The van der Waals surface area contributed by atoms with Crippen molar-refractivity contribution in [2.75, 3.05) is 6.61 Å². The van der Waals surface area contributed by atoms with Crippen LogP contribution in [0.5, 0.6) is 5.75 Å². The van der Waals surface area contributed by atoms with E-state index >= 15 is 0 Å². The van der Waals surface area contributed by atoms with Gasteiger partial charge in [0.05, 0.1) is 0 Å². The van der Waals surface area contributed by atoms with Gasteiger partial charge in [-0.3, -0.25) is 4.79 Å². The lowest BCUT2D eigenvalue weighted by atomic mass is 9.98. The van der Waals surface area contributed by atoms with Crippen LogP contribution in [-0.4, -0.2) is 17.7 Å². The van der Waals surface area contributed by atoms with Crippen molar-refractivity contribution in [3.63, 3.8) is 0 Å². The molecule has 3 rings (SSSR count). The van der Waals surface area contributed by atoms with Crippen LogP contribution in [0.25, 0.3) is 5.57 Å². The van der Waals surface area contributed by atoms with Gasteiger partial charge in [-0.05, 0) is 83.6 Å². The minimum atomic E-state index is -0.789. The molecule has 0 aromatic heterocycles. The fourth-order valence-corrected chi connectivity index (χ4v) is 3.55. The number of halogens is 2. The Morgan fingerprint density at radius 3 is 2.27 bits per heavy atom. The first-order valence-corrected chi connectivity index (χ1v) is 10.8. The van der Waals surface area contributed by atoms with Crippen molar-refractivity contribution in [1.82, 2.24) is 0 Å². The summed E-state index contributed by atoms with van der Waals surface area (Å²) in [6.45, 7) is 2.38. The SMILES string of the molecule is Cc1cc(OC/C=C(\c2ccc(Cl)cc2)c2ccc(Br)cc2)ccc1CCC(=O)O. The van der Waals surface area contributed by atoms with Gasteiger partial charge in [0.15, 0.2) is 0 Å². The van der Waals surface area contributed by atoms with Gasteiger partial charge in [-0.2, -0.15) is 0 Å². The smallest absolute Gasteiger partial charge is 0.303 e. The average Bonchev–Trinajstić information content (AvgIpc) is 2.72. The minimum absolute atomic E-state index is 0.126. The molecule has 5 heteroatoms. The first-order chi connectivity index (χ1) is 14.4. The highest BCUT2D eigenvalue weighted by Gasteiger charge is 2.07. The number of benzene rings is 3. The van der Waals surface area contributed by atoms with Crippen molar-refractivity contribution in [2.45, 2.75) is 19.8 Å². The van der Waals surface area contributed by atoms with Crippen molar-refractivity contribution in [3.8, 4) is 5.75 Å². The van der Waals surface area contributed by atoms with Crippen LogP contribution in [0.15, 0.2) is 77.3 Å². The average molecular weight is 486 g/mol. The van der Waals surface area contributed by atoms with Crippen molar-refractivity contribution in [1.29, 1.82) is 0 Å². The molecule has 0 bridgehead atoms. The van der Waals surface area contributed by atoms with Crippen LogP contribution < -0.4 is 4.74 Å². The van der Waals surface area contributed by atoms with Gasteiger partial charge in [0.1, 0.15) is 12.4 Å². The van der Waals surface area contributed by atoms with E-state index in [1.54, 1.807) is 0 Å². The van der Waals surface area contributed by atoms with Crippen molar-refractivity contribution < 1.29 is 14.6 Å². The molecule has 0 atom stereocenters. The fraction of sp³-hybridized carbons (Fsp3) is 0.160. The second kappa shape index (κ2) is 10.5. The standard InChI is InChI=1S/C25H22BrClO3/c1-17-16-23(12-6-18(17)7-13-25(28)29)30-15-14-24(19-2-8-21(26)9-3-19)20-4-10-22(27)11-5-20/h2-6,8-12,14,16H,7,13,15H2,1H3,(H,28,29)/b24-14-. The summed E-state index contributed by atoms with van der Waals surface area (Å²) >= 11 is 9.53. The Morgan fingerprint density at radius 1 is 1.03 bits per heavy atom. The first kappa shape index (κ1) is 22.1. The topological polar surface area (TPSA) is 46.5 Å². The van der Waals surface area contributed by atoms with Crippen molar-refractivity contribution in [2.24, 2.45) is 0 Å². The summed E-state index contributed by atoms with van der Waals surface area (Å²) in [5.41, 5.74) is 5.27. The predicted molar refractivity (Wildman–Crippen MR) is 125 cm³/mol. The van der Waals surface area contributed by atoms with E-state index in [4.69, 9.17) is 21.4 Å². The third kappa shape index (κ3) is 6.22. The van der Waals surface area contributed by atoms with Crippen LogP contribution >= 0.6 is 27.5 Å². The van der Waals surface area contributed by atoms with E-state index in [1.165, 1.54) is 0 Å². The minimum Gasteiger partial charge on any atom is -0.490 e. The number of aryl methyl sites for hydroxylation is 2. The first-order valence-electron chi connectivity index (χ1n) is 9.58. The molecule has 0 radical (unpaired) electrons. The Kier molecular flexibility index (Phi) is 7.72. The molecular weight excluding hydrogens is 464 g/mol. The number of rotatable bonds is 8. The zero-order valence-corrected chi connectivity index (χ0v) is 18.9. The third-order valence-corrected chi connectivity index (χ3v) is 5.55. The van der Waals surface area contributed by atoms with Crippen LogP contribution in [0.2, 0.25) is 5.02 Å². The maximum atomic E-state index is 10.8. The predicted octanol–water partition coefficient (Wildman–Crippen LogP) is 6.94. The summed E-state index contributed by atoms with van der Waals surface area (Å²) in [6, 6.07) is 21.7. The second-order valence-electron chi connectivity index (χ2n) is 6.92. The highest BCUT2D eigenvalue weighted by molar-refractivity contribution is 9.10. The second-order valence-corrected chi connectivity index (χ2v) is 8.28. The Morgan fingerprint density at radius 2 is 1.67 bits per heavy atom. The summed E-state index contributed by atoms with van der Waals surface area (Å²) in [7, 11) is 0. The molecule has 0 spiro atoms. The Labute approximate surface area is 190 Å². The molecule has 30 heavy (non-hydrogen) atoms. The lowest BCUT2D eigenvalue weighted by Gasteiger charge is -2.12. The fourth-order valence-electron chi connectivity index (χ4n) is 3.16. The quantitative estimate of drug-likeness (QED) is 0.376. The number of aliphatic carboxylic acids is 1. The molecule has 1 N–H and O–H groups in total. The molecule has 0 fully saturated rings. The number of hydrogen-bond acceptors (Lipinski definition) is 2. The van der Waals surface area contributed by atoms with Crippen LogP contribution in [-0.2, 0) is 11.2 Å². The van der Waals surface area contributed by atoms with Gasteiger partial charge in [-0.25, -0.2) is 0 Å².